The maximum absolute atomic E-state index is 12.9. The second kappa shape index (κ2) is 68.1. The van der Waals surface area contributed by atoms with Crippen LogP contribution in [0.5, 0.6) is 0 Å². The number of unbranched alkanes of at least 4 members (excludes halogenated alkanes) is 46. The molecule has 0 aromatic heterocycles. The van der Waals surface area contributed by atoms with Crippen molar-refractivity contribution in [2.75, 3.05) is 47.5 Å². The van der Waals surface area contributed by atoms with Gasteiger partial charge in [0, 0.05) is 12.8 Å². The molecule has 2 unspecified atom stereocenters. The monoisotopic (exact) mass is 1240 g/mol. The average Bonchev–Trinajstić information content (AvgIpc) is 3.68. The summed E-state index contributed by atoms with van der Waals surface area (Å²) in [6, 6.07) is 0. The number of ether oxygens (including phenoxy) is 2. The van der Waals surface area contributed by atoms with Crippen molar-refractivity contribution in [2.24, 2.45) is 0 Å². The highest BCUT2D eigenvalue weighted by Crippen LogP contribution is 2.38. The highest BCUT2D eigenvalue weighted by Gasteiger charge is 2.22. The second-order valence-electron chi connectivity index (χ2n) is 26.6. The molecule has 0 aliphatic heterocycles. The first kappa shape index (κ1) is 84.7. The molecule has 0 amide bonds. The maximum Gasteiger partial charge on any atom is 0.306 e. The number of hydrogen-bond acceptors (Lipinski definition) is 8. The summed E-state index contributed by atoms with van der Waals surface area (Å²) in [4.78, 5) is 38.1. The van der Waals surface area contributed by atoms with Gasteiger partial charge in [-0.25, -0.2) is 0 Å². The number of phosphoric acid groups is 1. The third-order valence-corrected chi connectivity index (χ3v) is 17.8. The zero-order valence-electron chi connectivity index (χ0n) is 58.2. The van der Waals surface area contributed by atoms with Gasteiger partial charge in [-0.15, -0.1) is 0 Å². The van der Waals surface area contributed by atoms with Crippen molar-refractivity contribution < 1.29 is 42.1 Å². The lowest BCUT2D eigenvalue weighted by Crippen LogP contribution is -2.37. The molecular formula is C77H144NO8P. The SMILES string of the molecule is CC/C=C\C/C=C\C/C=C\C/C=C\C/C=C\CCCCCCCCCCCCCCCCCCCCCCCCCC(=O)OC(COC(=O)CCCCCCCCCCCCCCCCCCCCCCCCCC)COP(=O)([O-])OCC[N+](C)(C)C. The minimum Gasteiger partial charge on any atom is -0.756 e. The number of likely N-dealkylation sites (N-methyl/N-ethyl adjacent to an activating group) is 1. The van der Waals surface area contributed by atoms with Gasteiger partial charge in [-0.05, 0) is 57.8 Å². The van der Waals surface area contributed by atoms with Crippen LogP contribution in [0.4, 0.5) is 0 Å². The fourth-order valence-corrected chi connectivity index (χ4v) is 11.8. The lowest BCUT2D eigenvalue weighted by atomic mass is 10.0. The largest absolute Gasteiger partial charge is 0.756 e. The van der Waals surface area contributed by atoms with E-state index in [1.807, 2.05) is 21.1 Å². The molecule has 0 radical (unpaired) electrons. The summed E-state index contributed by atoms with van der Waals surface area (Å²) in [7, 11) is 1.19. The number of nitrogens with zero attached hydrogens (tertiary/aromatic N) is 1. The van der Waals surface area contributed by atoms with Crippen LogP contribution in [0.25, 0.3) is 0 Å². The summed E-state index contributed by atoms with van der Waals surface area (Å²) < 4.78 is 34.4. The van der Waals surface area contributed by atoms with Crippen LogP contribution in [0, 0.1) is 0 Å². The van der Waals surface area contributed by atoms with Gasteiger partial charge in [-0.2, -0.15) is 0 Å². The lowest BCUT2D eigenvalue weighted by molar-refractivity contribution is -0.870. The molecular weight excluding hydrogens is 1100 g/mol. The van der Waals surface area contributed by atoms with Gasteiger partial charge in [0.25, 0.3) is 7.82 Å². The molecule has 87 heavy (non-hydrogen) atoms. The minimum absolute atomic E-state index is 0.0279. The number of carbonyl (C=O) groups excluding carboxylic acids is 2. The molecule has 10 heteroatoms. The molecule has 0 saturated heterocycles. The Hall–Kier alpha value is -2.29. The van der Waals surface area contributed by atoms with Crippen LogP contribution in [0.2, 0.25) is 0 Å². The van der Waals surface area contributed by atoms with Crippen LogP contribution in [0.1, 0.15) is 367 Å². The average molecular weight is 1240 g/mol. The Kier molecular flexibility index (Phi) is 66.3. The smallest absolute Gasteiger partial charge is 0.306 e. The van der Waals surface area contributed by atoms with E-state index in [0.29, 0.717) is 17.4 Å². The van der Waals surface area contributed by atoms with Gasteiger partial charge >= 0.3 is 11.9 Å². The van der Waals surface area contributed by atoms with Crippen LogP contribution >= 0.6 is 7.82 Å². The molecule has 0 aromatic rings. The van der Waals surface area contributed by atoms with Crippen LogP contribution in [-0.4, -0.2) is 70.0 Å². The van der Waals surface area contributed by atoms with Gasteiger partial charge in [0.1, 0.15) is 19.8 Å². The van der Waals surface area contributed by atoms with E-state index in [-0.39, 0.29) is 32.0 Å². The van der Waals surface area contributed by atoms with E-state index >= 15 is 0 Å². The van der Waals surface area contributed by atoms with Gasteiger partial charge < -0.3 is 27.9 Å². The Morgan fingerprint density at radius 2 is 0.655 bits per heavy atom. The summed E-state index contributed by atoms with van der Waals surface area (Å²) in [5.74, 6) is -0.810. The van der Waals surface area contributed by atoms with Crippen LogP contribution in [-0.2, 0) is 32.7 Å². The number of allylic oxidation sites excluding steroid dienone is 10. The third-order valence-electron chi connectivity index (χ3n) is 16.8. The fourth-order valence-electron chi connectivity index (χ4n) is 11.1. The summed E-state index contributed by atoms with van der Waals surface area (Å²) in [6.45, 7) is 4.20. The summed E-state index contributed by atoms with van der Waals surface area (Å²) in [5, 5.41) is 0. The zero-order chi connectivity index (χ0) is 63.4. The van der Waals surface area contributed by atoms with Crippen molar-refractivity contribution in [3.63, 3.8) is 0 Å². The first-order chi connectivity index (χ1) is 42.5. The van der Waals surface area contributed by atoms with E-state index in [9.17, 15) is 19.0 Å². The number of rotatable bonds is 70. The molecule has 0 saturated carbocycles. The Morgan fingerprint density at radius 1 is 0.368 bits per heavy atom. The molecule has 2 atom stereocenters. The zero-order valence-corrected chi connectivity index (χ0v) is 59.1. The van der Waals surface area contributed by atoms with Crippen molar-refractivity contribution in [1.82, 2.24) is 0 Å². The van der Waals surface area contributed by atoms with Crippen LogP contribution < -0.4 is 4.89 Å². The van der Waals surface area contributed by atoms with Crippen LogP contribution in [0.3, 0.4) is 0 Å². The minimum atomic E-state index is -4.64. The molecule has 0 aliphatic rings. The second-order valence-corrected chi connectivity index (χ2v) is 28.1. The summed E-state index contributed by atoms with van der Waals surface area (Å²) in [6.07, 6.45) is 90.4. The first-order valence-electron chi connectivity index (χ1n) is 37.5. The van der Waals surface area contributed by atoms with E-state index in [1.165, 1.54) is 270 Å². The molecule has 9 nitrogen and oxygen atoms in total. The molecule has 0 spiro atoms. The number of esters is 2. The van der Waals surface area contributed by atoms with E-state index in [2.05, 4.69) is 74.6 Å². The van der Waals surface area contributed by atoms with Crippen molar-refractivity contribution in [3.8, 4) is 0 Å². The standard InChI is InChI=1S/C77H144NO8P/c1-6-8-10-12-14-16-18-20-22-24-26-28-30-32-33-34-35-36-37-38-39-40-41-42-43-44-45-46-48-50-52-54-56-58-60-62-64-66-68-70-77(80)86-75(74-85-87(81,82)84-72-71-78(3,4)5)73-83-76(79)69-67-65-63-61-59-57-55-53-51-49-47-31-29-27-25-23-21-19-17-15-13-11-9-7-2/h8,10,14,16,20,22,26,28,32-33,75H,6-7,9,11-13,15,17-19,21,23-25,27,29-31,34-74H2,1-5H3/b10-8-,16-14-,22-20-,28-26-,33-32-. The van der Waals surface area contributed by atoms with Gasteiger partial charge in [0.05, 0.1) is 27.7 Å². The number of hydrogen-bond donors (Lipinski definition) is 0. The van der Waals surface area contributed by atoms with E-state index in [0.717, 1.165) is 64.2 Å². The molecule has 510 valence electrons. The first-order valence-corrected chi connectivity index (χ1v) is 39.0. The lowest BCUT2D eigenvalue weighted by Gasteiger charge is -2.28. The molecule has 0 aliphatic carbocycles. The van der Waals surface area contributed by atoms with Gasteiger partial charge in [0.2, 0.25) is 0 Å². The number of carbonyl (C=O) groups is 2. The molecule has 0 heterocycles. The van der Waals surface area contributed by atoms with Gasteiger partial charge in [-0.3, -0.25) is 14.2 Å². The molecule has 0 aromatic carbocycles. The quantitative estimate of drug-likeness (QED) is 0.0195. The van der Waals surface area contributed by atoms with E-state index < -0.39 is 26.5 Å². The molecule has 0 fully saturated rings. The maximum atomic E-state index is 12.9. The van der Waals surface area contributed by atoms with Crippen molar-refractivity contribution in [1.29, 1.82) is 0 Å². The fraction of sp³-hybridized carbons (Fsp3) is 0.844. The molecule has 0 N–H and O–H groups in total. The Labute approximate surface area is 540 Å². The van der Waals surface area contributed by atoms with Crippen molar-refractivity contribution in [3.05, 3.63) is 60.8 Å². The number of quaternary nitrogens is 1. The normalized spacial score (nSPS) is 13.4. The topological polar surface area (TPSA) is 111 Å². The highest BCUT2D eigenvalue weighted by atomic mass is 31.2. The molecule has 0 rings (SSSR count). The Bertz CT molecular complexity index is 1650. The Balaban J connectivity index is 3.92. The van der Waals surface area contributed by atoms with E-state index in [4.69, 9.17) is 18.5 Å². The summed E-state index contributed by atoms with van der Waals surface area (Å²) in [5.41, 5.74) is 0. The van der Waals surface area contributed by atoms with Gasteiger partial charge in [0.15, 0.2) is 6.10 Å². The predicted molar refractivity (Wildman–Crippen MR) is 374 cm³/mol. The van der Waals surface area contributed by atoms with Gasteiger partial charge in [-0.1, -0.05) is 357 Å². The highest BCUT2D eigenvalue weighted by molar-refractivity contribution is 7.45. The van der Waals surface area contributed by atoms with Crippen molar-refractivity contribution >= 4 is 19.8 Å². The van der Waals surface area contributed by atoms with Crippen molar-refractivity contribution in [2.45, 2.75) is 373 Å². The van der Waals surface area contributed by atoms with Crippen LogP contribution in [0.15, 0.2) is 60.8 Å². The Morgan fingerprint density at radius 3 is 0.977 bits per heavy atom. The van der Waals surface area contributed by atoms with E-state index in [1.54, 1.807) is 0 Å². The predicted octanol–water partition coefficient (Wildman–Crippen LogP) is 23.9. The number of phosphoric ester groups is 1. The third kappa shape index (κ3) is 72.6. The summed E-state index contributed by atoms with van der Waals surface area (Å²) >= 11 is 0. The molecule has 0 bridgehead atoms.